The molecule has 0 heterocycles. The first-order valence-corrected chi connectivity index (χ1v) is 7.12. The normalized spacial score (nSPS) is 10.2. The zero-order chi connectivity index (χ0) is 16.1. The molecule has 0 fully saturated rings. The Morgan fingerprint density at radius 2 is 1.57 bits per heavy atom. The molecule has 118 valence electrons. The second-order valence-electron chi connectivity index (χ2n) is 4.67. The maximum Gasteiger partial charge on any atom is 1.00 e. The van der Waals surface area contributed by atoms with Gasteiger partial charge in [-0.3, -0.25) is 0 Å². The molecule has 0 spiro atoms. The number of aliphatic hydroxyl groups excluding tert-OH is 1. The SMILES string of the molecule is CCCCCCCC(=O)[O-].O=C([O-])C(O)c1ccccc1.[K+].[Na+]. The second-order valence-corrected chi connectivity index (χ2v) is 4.67. The summed E-state index contributed by atoms with van der Waals surface area (Å²) in [5.41, 5.74) is 0.340. The summed E-state index contributed by atoms with van der Waals surface area (Å²) in [7, 11) is 0. The zero-order valence-corrected chi connectivity index (χ0v) is 19.4. The van der Waals surface area contributed by atoms with E-state index in [-0.39, 0.29) is 87.4 Å². The van der Waals surface area contributed by atoms with Crippen LogP contribution in [-0.2, 0) is 9.59 Å². The summed E-state index contributed by atoms with van der Waals surface area (Å²) in [4.78, 5) is 20.1. The molecule has 23 heavy (non-hydrogen) atoms. The summed E-state index contributed by atoms with van der Waals surface area (Å²) in [5, 5.41) is 29.0. The Morgan fingerprint density at radius 3 is 2.00 bits per heavy atom. The minimum atomic E-state index is -1.52. The van der Waals surface area contributed by atoms with Crippen molar-refractivity contribution in [3.63, 3.8) is 0 Å². The molecule has 5 nitrogen and oxygen atoms in total. The molecule has 1 N–H and O–H groups in total. The Hall–Kier alpha value is 0.756. The third-order valence-corrected chi connectivity index (χ3v) is 2.82. The van der Waals surface area contributed by atoms with Crippen molar-refractivity contribution in [2.45, 2.75) is 51.6 Å². The number of carboxylic acids is 2. The first kappa shape index (κ1) is 28.6. The molecule has 0 saturated carbocycles. The number of unbranched alkanes of at least 4 members (excludes halogenated alkanes) is 4. The minimum absolute atomic E-state index is 0. The quantitative estimate of drug-likeness (QED) is 0.370. The Balaban J connectivity index is -0.000000322. The van der Waals surface area contributed by atoms with Gasteiger partial charge < -0.3 is 24.9 Å². The number of hydrogen-bond acceptors (Lipinski definition) is 5. The van der Waals surface area contributed by atoms with Crippen LogP contribution in [0, 0.1) is 0 Å². The molecule has 0 aliphatic heterocycles. The van der Waals surface area contributed by atoms with Gasteiger partial charge in [-0.15, -0.1) is 0 Å². The predicted molar refractivity (Wildman–Crippen MR) is 74.8 cm³/mol. The Morgan fingerprint density at radius 1 is 1.04 bits per heavy atom. The van der Waals surface area contributed by atoms with Gasteiger partial charge in [-0.2, -0.15) is 0 Å². The van der Waals surface area contributed by atoms with Crippen LogP contribution in [0.3, 0.4) is 0 Å². The van der Waals surface area contributed by atoms with Gasteiger partial charge in [0, 0.05) is 5.97 Å². The number of hydrogen-bond donors (Lipinski definition) is 1. The molecule has 0 amide bonds. The van der Waals surface area contributed by atoms with E-state index in [1.807, 2.05) is 0 Å². The third-order valence-electron chi connectivity index (χ3n) is 2.82. The van der Waals surface area contributed by atoms with Crippen molar-refractivity contribution < 1.29 is 106 Å². The van der Waals surface area contributed by atoms with Crippen molar-refractivity contribution in [2.24, 2.45) is 0 Å². The van der Waals surface area contributed by atoms with Gasteiger partial charge in [0.05, 0.1) is 5.97 Å². The van der Waals surface area contributed by atoms with E-state index in [1.54, 1.807) is 18.2 Å². The van der Waals surface area contributed by atoms with Crippen molar-refractivity contribution >= 4 is 11.9 Å². The number of carboxylic acid groups (broad SMARTS) is 2. The van der Waals surface area contributed by atoms with Crippen LogP contribution in [0.2, 0.25) is 0 Å². The molecule has 1 aromatic carbocycles. The maximum atomic E-state index is 10.1. The molecular weight excluding hydrogens is 334 g/mol. The van der Waals surface area contributed by atoms with E-state index in [9.17, 15) is 19.8 Å². The largest absolute Gasteiger partial charge is 1.00 e. The van der Waals surface area contributed by atoms with E-state index in [4.69, 9.17) is 5.11 Å². The van der Waals surface area contributed by atoms with E-state index in [0.29, 0.717) is 5.56 Å². The van der Waals surface area contributed by atoms with Crippen molar-refractivity contribution in [3.8, 4) is 0 Å². The maximum absolute atomic E-state index is 10.1. The van der Waals surface area contributed by atoms with E-state index in [0.717, 1.165) is 19.3 Å². The fourth-order valence-corrected chi connectivity index (χ4v) is 1.64. The molecule has 0 saturated heterocycles. The van der Waals surface area contributed by atoms with E-state index in [1.165, 1.54) is 25.0 Å². The van der Waals surface area contributed by atoms with Gasteiger partial charge in [-0.05, 0) is 18.4 Å². The van der Waals surface area contributed by atoms with Crippen molar-refractivity contribution in [2.75, 3.05) is 0 Å². The van der Waals surface area contributed by atoms with Gasteiger partial charge in [0.2, 0.25) is 0 Å². The summed E-state index contributed by atoms with van der Waals surface area (Å²) in [6.07, 6.45) is 4.09. The number of benzene rings is 1. The molecule has 0 aromatic heterocycles. The van der Waals surface area contributed by atoms with E-state index in [2.05, 4.69) is 6.92 Å². The molecule has 1 unspecified atom stereocenters. The predicted octanol–water partition coefficient (Wildman–Crippen LogP) is -5.43. The van der Waals surface area contributed by atoms with Crippen LogP contribution in [-0.4, -0.2) is 17.0 Å². The zero-order valence-electron chi connectivity index (χ0n) is 14.3. The molecular formula is C16H22KNaO5. The number of aliphatic carboxylic acids is 2. The standard InChI is InChI=1S/C8H8O3.C8H16O2.K.Na/c9-7(8(10)11)6-4-2-1-3-5-6;1-2-3-4-5-6-7-8(9)10;;/h1-5,7,9H,(H,10,11);2-7H2,1H3,(H,9,10);;/q;;2*+1/p-2. The number of carbonyl (C=O) groups is 2. The number of carbonyl (C=O) groups excluding carboxylic acids is 2. The first-order chi connectivity index (χ1) is 9.99. The summed E-state index contributed by atoms with van der Waals surface area (Å²) in [5.74, 6) is -2.40. The molecule has 0 radical (unpaired) electrons. The van der Waals surface area contributed by atoms with Crippen LogP contribution >= 0.6 is 0 Å². The topological polar surface area (TPSA) is 100 Å². The summed E-state index contributed by atoms with van der Waals surface area (Å²) in [6.45, 7) is 2.14. The molecule has 7 heteroatoms. The minimum Gasteiger partial charge on any atom is -0.550 e. The molecule has 0 aliphatic rings. The second kappa shape index (κ2) is 19.1. The number of rotatable bonds is 8. The Labute approximate surface area is 202 Å². The third kappa shape index (κ3) is 17.4. The molecule has 0 aliphatic carbocycles. The van der Waals surface area contributed by atoms with Crippen molar-refractivity contribution in [3.05, 3.63) is 35.9 Å². The van der Waals surface area contributed by atoms with E-state index >= 15 is 0 Å². The van der Waals surface area contributed by atoms with Crippen molar-refractivity contribution in [1.82, 2.24) is 0 Å². The Bertz CT molecular complexity index is 414. The van der Waals surface area contributed by atoms with Crippen LogP contribution in [0.4, 0.5) is 0 Å². The van der Waals surface area contributed by atoms with Crippen LogP contribution in [0.15, 0.2) is 30.3 Å². The first-order valence-electron chi connectivity index (χ1n) is 7.12. The van der Waals surface area contributed by atoms with Gasteiger partial charge in [0.15, 0.2) is 0 Å². The van der Waals surface area contributed by atoms with Gasteiger partial charge >= 0.3 is 80.9 Å². The fourth-order valence-electron chi connectivity index (χ4n) is 1.64. The average molecular weight is 356 g/mol. The molecule has 1 aromatic rings. The average Bonchev–Trinajstić information content (AvgIpc) is 2.47. The molecule has 0 bridgehead atoms. The van der Waals surface area contributed by atoms with Gasteiger partial charge in [0.1, 0.15) is 6.10 Å². The molecule has 1 rings (SSSR count). The number of aliphatic hydroxyl groups is 1. The van der Waals surface area contributed by atoms with Gasteiger partial charge in [-0.1, -0.05) is 62.9 Å². The monoisotopic (exact) mass is 356 g/mol. The fraction of sp³-hybridized carbons (Fsp3) is 0.500. The summed E-state index contributed by atoms with van der Waals surface area (Å²) < 4.78 is 0. The van der Waals surface area contributed by atoms with Crippen LogP contribution in [0.5, 0.6) is 0 Å². The van der Waals surface area contributed by atoms with E-state index < -0.39 is 18.0 Å². The smallest absolute Gasteiger partial charge is 0.550 e. The van der Waals surface area contributed by atoms with Crippen molar-refractivity contribution in [1.29, 1.82) is 0 Å². The van der Waals surface area contributed by atoms with Crippen LogP contribution in [0.1, 0.15) is 57.1 Å². The van der Waals surface area contributed by atoms with Crippen LogP contribution < -0.4 is 91.2 Å². The Kier molecular flexibility index (Phi) is 23.7. The summed E-state index contributed by atoms with van der Waals surface area (Å²) >= 11 is 0. The molecule has 1 atom stereocenters. The van der Waals surface area contributed by atoms with Gasteiger partial charge in [0.25, 0.3) is 0 Å². The van der Waals surface area contributed by atoms with Crippen LogP contribution in [0.25, 0.3) is 0 Å². The summed E-state index contributed by atoms with van der Waals surface area (Å²) in [6, 6.07) is 8.11. The van der Waals surface area contributed by atoms with Gasteiger partial charge in [-0.25, -0.2) is 0 Å².